The van der Waals surface area contributed by atoms with Gasteiger partial charge >= 0.3 is 6.61 Å². The zero-order chi connectivity index (χ0) is 12.1. The van der Waals surface area contributed by atoms with Crippen molar-refractivity contribution in [1.82, 2.24) is 0 Å². The van der Waals surface area contributed by atoms with E-state index in [2.05, 4.69) is 16.6 Å². The Morgan fingerprint density at radius 2 is 2.19 bits per heavy atom. The maximum Gasteiger partial charge on any atom is 0.387 e. The first-order valence-electron chi connectivity index (χ1n) is 4.43. The predicted octanol–water partition coefficient (Wildman–Crippen LogP) is 2.61. The summed E-state index contributed by atoms with van der Waals surface area (Å²) in [5.41, 5.74) is 5.91. The number of anilines is 2. The van der Waals surface area contributed by atoms with Gasteiger partial charge in [0.1, 0.15) is 0 Å². The van der Waals surface area contributed by atoms with Crippen LogP contribution in [0, 0.1) is 5.82 Å². The highest BCUT2D eigenvalue weighted by atomic mass is 19.3. The molecule has 0 amide bonds. The minimum Gasteiger partial charge on any atom is -0.432 e. The molecule has 0 aromatic heterocycles. The molecule has 0 fully saturated rings. The molecular formula is C10H11F3N2O. The summed E-state index contributed by atoms with van der Waals surface area (Å²) < 4.78 is 41.0. The number of ether oxygens (including phenoxy) is 1. The predicted molar refractivity (Wildman–Crippen MR) is 56.1 cm³/mol. The highest BCUT2D eigenvalue weighted by Gasteiger charge is 2.12. The number of nitrogens with one attached hydrogen (secondary N) is 1. The van der Waals surface area contributed by atoms with Gasteiger partial charge in [0.2, 0.25) is 0 Å². The van der Waals surface area contributed by atoms with Crippen molar-refractivity contribution in [3.05, 3.63) is 30.6 Å². The lowest BCUT2D eigenvalue weighted by molar-refractivity contribution is -0.0521. The fourth-order valence-corrected chi connectivity index (χ4v) is 1.09. The number of nitrogens with two attached hydrogens (primary N) is 1. The van der Waals surface area contributed by atoms with Crippen LogP contribution in [0.4, 0.5) is 24.5 Å². The molecule has 0 bridgehead atoms. The summed E-state index contributed by atoms with van der Waals surface area (Å²) in [6, 6.07) is 2.00. The molecule has 1 aromatic carbocycles. The van der Waals surface area contributed by atoms with E-state index in [1.54, 1.807) is 6.08 Å². The van der Waals surface area contributed by atoms with Crippen LogP contribution in [-0.2, 0) is 0 Å². The summed E-state index contributed by atoms with van der Waals surface area (Å²) in [5.74, 6) is -1.47. The second-order valence-corrected chi connectivity index (χ2v) is 2.92. The number of nitrogen functional groups attached to an aromatic ring is 1. The minimum absolute atomic E-state index is 0.112. The van der Waals surface area contributed by atoms with Crippen molar-refractivity contribution in [2.24, 2.45) is 0 Å². The van der Waals surface area contributed by atoms with Gasteiger partial charge in [0.25, 0.3) is 0 Å². The van der Waals surface area contributed by atoms with Crippen LogP contribution >= 0.6 is 0 Å². The van der Waals surface area contributed by atoms with Gasteiger partial charge in [0.05, 0.1) is 11.4 Å². The van der Waals surface area contributed by atoms with Gasteiger partial charge in [0, 0.05) is 18.7 Å². The molecule has 0 saturated carbocycles. The van der Waals surface area contributed by atoms with Crippen LogP contribution in [0.15, 0.2) is 24.8 Å². The van der Waals surface area contributed by atoms with Gasteiger partial charge in [-0.25, -0.2) is 4.39 Å². The quantitative estimate of drug-likeness (QED) is 0.606. The van der Waals surface area contributed by atoms with Crippen molar-refractivity contribution < 1.29 is 17.9 Å². The summed E-state index contributed by atoms with van der Waals surface area (Å²) in [6.45, 7) is 0.766. The first-order chi connectivity index (χ1) is 7.54. The Kier molecular flexibility index (Phi) is 4.04. The number of rotatable bonds is 5. The lowest BCUT2D eigenvalue weighted by atomic mass is 10.2. The molecule has 0 radical (unpaired) electrons. The second kappa shape index (κ2) is 5.29. The van der Waals surface area contributed by atoms with Crippen LogP contribution in [0.1, 0.15) is 0 Å². The smallest absolute Gasteiger partial charge is 0.387 e. The molecule has 0 unspecified atom stereocenters. The van der Waals surface area contributed by atoms with E-state index in [0.29, 0.717) is 12.2 Å². The molecule has 6 heteroatoms. The minimum atomic E-state index is -3.08. The Bertz CT molecular complexity index is 383. The lowest BCUT2D eigenvalue weighted by Crippen LogP contribution is -2.07. The first kappa shape index (κ1) is 12.2. The summed E-state index contributed by atoms with van der Waals surface area (Å²) in [5, 5.41) is 2.77. The van der Waals surface area contributed by atoms with Crippen molar-refractivity contribution in [3.63, 3.8) is 0 Å². The Hall–Kier alpha value is -1.85. The SMILES string of the molecule is C=CCNc1cc(OC(F)F)c(F)cc1N. The zero-order valence-corrected chi connectivity index (χ0v) is 8.34. The van der Waals surface area contributed by atoms with E-state index in [1.807, 2.05) is 0 Å². The Labute approximate surface area is 90.7 Å². The molecule has 88 valence electrons. The molecule has 1 aromatic rings. The number of benzene rings is 1. The van der Waals surface area contributed by atoms with Crippen molar-refractivity contribution in [3.8, 4) is 5.75 Å². The third-order valence-electron chi connectivity index (χ3n) is 1.76. The largest absolute Gasteiger partial charge is 0.432 e. The van der Waals surface area contributed by atoms with Gasteiger partial charge in [0.15, 0.2) is 11.6 Å². The number of alkyl halides is 2. The van der Waals surface area contributed by atoms with E-state index in [-0.39, 0.29) is 5.69 Å². The van der Waals surface area contributed by atoms with Crippen LogP contribution in [0.3, 0.4) is 0 Å². The number of hydrogen-bond donors (Lipinski definition) is 2. The van der Waals surface area contributed by atoms with Crippen molar-refractivity contribution >= 4 is 11.4 Å². The van der Waals surface area contributed by atoms with Crippen LogP contribution in [0.2, 0.25) is 0 Å². The molecule has 3 nitrogen and oxygen atoms in total. The normalized spacial score (nSPS) is 10.2. The summed E-state index contributed by atoms with van der Waals surface area (Å²) in [7, 11) is 0. The summed E-state index contributed by atoms with van der Waals surface area (Å²) in [6.07, 6.45) is 1.55. The van der Waals surface area contributed by atoms with Gasteiger partial charge in [-0.3, -0.25) is 0 Å². The maximum atomic E-state index is 13.1. The van der Waals surface area contributed by atoms with E-state index in [1.165, 1.54) is 0 Å². The standard InChI is InChI=1S/C10H11F3N2O/c1-2-3-15-8-5-9(16-10(12)13)6(11)4-7(8)14/h2,4-5,10,15H,1,3,14H2. The monoisotopic (exact) mass is 232 g/mol. The van der Waals surface area contributed by atoms with Gasteiger partial charge in [-0.05, 0) is 0 Å². The van der Waals surface area contributed by atoms with Crippen LogP contribution < -0.4 is 15.8 Å². The maximum absolute atomic E-state index is 13.1. The molecule has 0 aliphatic carbocycles. The van der Waals surface area contributed by atoms with Crippen LogP contribution in [-0.4, -0.2) is 13.2 Å². The molecule has 0 atom stereocenters. The van der Waals surface area contributed by atoms with Gasteiger partial charge in [-0.2, -0.15) is 8.78 Å². The van der Waals surface area contributed by atoms with E-state index in [0.717, 1.165) is 12.1 Å². The Morgan fingerprint density at radius 1 is 1.50 bits per heavy atom. The average molecular weight is 232 g/mol. The van der Waals surface area contributed by atoms with E-state index in [9.17, 15) is 13.2 Å². The molecule has 0 saturated heterocycles. The van der Waals surface area contributed by atoms with Gasteiger partial charge in [-0.15, -0.1) is 6.58 Å². The van der Waals surface area contributed by atoms with Gasteiger partial charge < -0.3 is 15.8 Å². The number of halogens is 3. The summed E-state index contributed by atoms with van der Waals surface area (Å²) >= 11 is 0. The van der Waals surface area contributed by atoms with E-state index >= 15 is 0 Å². The van der Waals surface area contributed by atoms with Gasteiger partial charge in [-0.1, -0.05) is 6.08 Å². The molecule has 3 N–H and O–H groups in total. The van der Waals surface area contributed by atoms with Crippen LogP contribution in [0.25, 0.3) is 0 Å². The highest BCUT2D eigenvalue weighted by molar-refractivity contribution is 5.68. The van der Waals surface area contributed by atoms with E-state index in [4.69, 9.17) is 5.73 Å². The summed E-state index contributed by atoms with van der Waals surface area (Å²) in [4.78, 5) is 0. The Morgan fingerprint density at radius 3 is 2.75 bits per heavy atom. The molecule has 0 aliphatic heterocycles. The molecular weight excluding hydrogens is 221 g/mol. The van der Waals surface area contributed by atoms with Crippen molar-refractivity contribution in [2.75, 3.05) is 17.6 Å². The third-order valence-corrected chi connectivity index (χ3v) is 1.76. The van der Waals surface area contributed by atoms with Crippen molar-refractivity contribution in [1.29, 1.82) is 0 Å². The number of hydrogen-bond acceptors (Lipinski definition) is 3. The molecule has 16 heavy (non-hydrogen) atoms. The highest BCUT2D eigenvalue weighted by Crippen LogP contribution is 2.29. The van der Waals surface area contributed by atoms with E-state index < -0.39 is 18.2 Å². The fourth-order valence-electron chi connectivity index (χ4n) is 1.09. The zero-order valence-electron chi connectivity index (χ0n) is 8.34. The molecule has 0 spiro atoms. The first-order valence-corrected chi connectivity index (χ1v) is 4.43. The van der Waals surface area contributed by atoms with Crippen LogP contribution in [0.5, 0.6) is 5.75 Å². The topological polar surface area (TPSA) is 47.3 Å². The third kappa shape index (κ3) is 3.08. The average Bonchev–Trinajstić information content (AvgIpc) is 2.20. The fraction of sp³-hybridized carbons (Fsp3) is 0.200. The molecule has 0 aliphatic rings. The Balaban J connectivity index is 2.96. The van der Waals surface area contributed by atoms with Crippen molar-refractivity contribution in [2.45, 2.75) is 6.61 Å². The lowest BCUT2D eigenvalue weighted by Gasteiger charge is -2.11. The molecule has 0 heterocycles. The molecule has 1 rings (SSSR count). The second-order valence-electron chi connectivity index (χ2n) is 2.92.